The van der Waals surface area contributed by atoms with Crippen LogP contribution in [0.25, 0.3) is 0 Å². The van der Waals surface area contributed by atoms with Crippen molar-refractivity contribution in [2.45, 2.75) is 59.1 Å². The molecule has 0 aliphatic heterocycles. The van der Waals surface area contributed by atoms with Gasteiger partial charge in [-0.15, -0.1) is 0 Å². The van der Waals surface area contributed by atoms with Gasteiger partial charge in [0.05, 0.1) is 12.7 Å². The molecule has 0 rings (SSSR count). The molecule has 2 unspecified atom stereocenters. The van der Waals surface area contributed by atoms with Gasteiger partial charge in [0, 0.05) is 19.7 Å². The summed E-state index contributed by atoms with van der Waals surface area (Å²) in [7, 11) is 1.72. The van der Waals surface area contributed by atoms with Crippen LogP contribution in [-0.4, -0.2) is 37.5 Å². The van der Waals surface area contributed by atoms with Crippen LogP contribution in [0.1, 0.15) is 47.0 Å². The van der Waals surface area contributed by atoms with Crippen LogP contribution < -0.4 is 5.32 Å². The Morgan fingerprint density at radius 1 is 1.31 bits per heavy atom. The largest absolute Gasteiger partial charge is 0.391 e. The predicted molar refractivity (Wildman–Crippen MR) is 68.7 cm³/mol. The Bertz CT molecular complexity index is 166. The van der Waals surface area contributed by atoms with Crippen LogP contribution in [0, 0.1) is 5.41 Å². The Morgan fingerprint density at radius 3 is 2.38 bits per heavy atom. The number of nitrogens with one attached hydrogen (secondary N) is 1. The van der Waals surface area contributed by atoms with E-state index in [0.717, 1.165) is 13.0 Å². The van der Waals surface area contributed by atoms with Crippen molar-refractivity contribution in [2.24, 2.45) is 5.41 Å². The summed E-state index contributed by atoms with van der Waals surface area (Å²) in [6.45, 7) is 9.70. The Labute approximate surface area is 101 Å². The van der Waals surface area contributed by atoms with Gasteiger partial charge in [0.1, 0.15) is 0 Å². The number of hydrogen-bond donors (Lipinski definition) is 2. The number of hydrogen-bond acceptors (Lipinski definition) is 3. The maximum atomic E-state index is 9.92. The van der Waals surface area contributed by atoms with Gasteiger partial charge in [-0.2, -0.15) is 0 Å². The van der Waals surface area contributed by atoms with E-state index in [0.29, 0.717) is 12.6 Å². The number of aliphatic hydroxyl groups is 1. The topological polar surface area (TPSA) is 41.5 Å². The quantitative estimate of drug-likeness (QED) is 0.673. The fourth-order valence-corrected chi connectivity index (χ4v) is 1.48. The molecule has 3 heteroatoms. The van der Waals surface area contributed by atoms with E-state index < -0.39 is 0 Å². The van der Waals surface area contributed by atoms with Crippen molar-refractivity contribution >= 4 is 0 Å². The van der Waals surface area contributed by atoms with Gasteiger partial charge < -0.3 is 15.2 Å². The fraction of sp³-hybridized carbons (Fsp3) is 1.00. The summed E-state index contributed by atoms with van der Waals surface area (Å²) in [6, 6.07) is 0.363. The normalized spacial score (nSPS) is 16.1. The average Bonchev–Trinajstić information content (AvgIpc) is 2.20. The lowest BCUT2D eigenvalue weighted by Crippen LogP contribution is -2.42. The Morgan fingerprint density at radius 2 is 1.94 bits per heavy atom. The Balaban J connectivity index is 3.91. The van der Waals surface area contributed by atoms with E-state index in [1.54, 1.807) is 7.11 Å². The van der Waals surface area contributed by atoms with Gasteiger partial charge in [0.15, 0.2) is 0 Å². The van der Waals surface area contributed by atoms with Crippen LogP contribution in [0.2, 0.25) is 0 Å². The van der Waals surface area contributed by atoms with Crippen molar-refractivity contribution < 1.29 is 9.84 Å². The van der Waals surface area contributed by atoms with Crippen molar-refractivity contribution in [1.29, 1.82) is 0 Å². The minimum atomic E-state index is -0.312. The van der Waals surface area contributed by atoms with Crippen molar-refractivity contribution in [1.82, 2.24) is 5.32 Å². The molecule has 0 fully saturated rings. The smallest absolute Gasteiger partial charge is 0.0712 e. The number of rotatable bonds is 8. The summed E-state index contributed by atoms with van der Waals surface area (Å²) in [6.07, 6.45) is 3.20. The van der Waals surface area contributed by atoms with Gasteiger partial charge in [-0.05, 0) is 11.8 Å². The van der Waals surface area contributed by atoms with E-state index in [1.807, 2.05) is 0 Å². The highest BCUT2D eigenvalue weighted by Crippen LogP contribution is 2.18. The van der Waals surface area contributed by atoms with E-state index in [-0.39, 0.29) is 11.5 Å². The lowest BCUT2D eigenvalue weighted by Gasteiger charge is -2.28. The molecule has 0 bridgehead atoms. The zero-order valence-corrected chi connectivity index (χ0v) is 11.5. The zero-order chi connectivity index (χ0) is 12.6. The molecular formula is C13H29NO2. The van der Waals surface area contributed by atoms with Gasteiger partial charge in [0.25, 0.3) is 0 Å². The Kier molecular flexibility index (Phi) is 7.98. The molecule has 98 valence electrons. The molecule has 0 heterocycles. The first kappa shape index (κ1) is 15.9. The van der Waals surface area contributed by atoms with Gasteiger partial charge >= 0.3 is 0 Å². The molecule has 2 N–H and O–H groups in total. The first-order valence-electron chi connectivity index (χ1n) is 6.32. The van der Waals surface area contributed by atoms with Gasteiger partial charge in [-0.1, -0.05) is 40.5 Å². The molecule has 0 amide bonds. The van der Waals surface area contributed by atoms with Crippen molar-refractivity contribution in [3.05, 3.63) is 0 Å². The van der Waals surface area contributed by atoms with Crippen LogP contribution in [-0.2, 0) is 4.74 Å². The molecule has 0 aliphatic rings. The fourth-order valence-electron chi connectivity index (χ4n) is 1.48. The van der Waals surface area contributed by atoms with Gasteiger partial charge in [-0.25, -0.2) is 0 Å². The van der Waals surface area contributed by atoms with Crippen molar-refractivity contribution in [2.75, 3.05) is 20.3 Å². The molecule has 0 radical (unpaired) electrons. The molecule has 0 aromatic rings. The van der Waals surface area contributed by atoms with E-state index >= 15 is 0 Å². The zero-order valence-electron chi connectivity index (χ0n) is 11.5. The summed E-state index contributed by atoms with van der Waals surface area (Å²) in [5.41, 5.74) is -0.0601. The molecule has 16 heavy (non-hydrogen) atoms. The maximum absolute atomic E-state index is 9.92. The number of methoxy groups -OCH3 is 1. The standard InChI is InChI=1S/C13H29NO2/c1-6-7-8-11(10-16-5)14-9-12(15)13(2,3)4/h11-12,14-15H,6-10H2,1-5H3. The average molecular weight is 231 g/mol. The molecule has 0 aliphatic carbocycles. The van der Waals surface area contributed by atoms with Crippen LogP contribution in [0.3, 0.4) is 0 Å². The first-order valence-corrected chi connectivity index (χ1v) is 6.32. The molecule has 0 spiro atoms. The molecule has 0 saturated carbocycles. The second kappa shape index (κ2) is 8.04. The number of ether oxygens (including phenoxy) is 1. The summed E-state index contributed by atoms with van der Waals surface area (Å²) in [5.74, 6) is 0. The third-order valence-corrected chi connectivity index (χ3v) is 2.87. The van der Waals surface area contributed by atoms with Crippen LogP contribution >= 0.6 is 0 Å². The highest BCUT2D eigenvalue weighted by Gasteiger charge is 2.22. The molecule has 0 aromatic heterocycles. The SMILES string of the molecule is CCCCC(COC)NCC(O)C(C)(C)C. The summed E-state index contributed by atoms with van der Waals surface area (Å²) in [5, 5.41) is 13.3. The summed E-state index contributed by atoms with van der Waals surface area (Å²) in [4.78, 5) is 0. The lowest BCUT2D eigenvalue weighted by atomic mass is 9.89. The van der Waals surface area contributed by atoms with E-state index in [1.165, 1.54) is 12.8 Å². The molecular weight excluding hydrogens is 202 g/mol. The highest BCUT2D eigenvalue weighted by molar-refractivity contribution is 4.77. The summed E-state index contributed by atoms with van der Waals surface area (Å²) >= 11 is 0. The van der Waals surface area contributed by atoms with Crippen molar-refractivity contribution in [3.63, 3.8) is 0 Å². The minimum absolute atomic E-state index is 0.0601. The third kappa shape index (κ3) is 7.20. The molecule has 0 aromatic carbocycles. The van der Waals surface area contributed by atoms with Crippen LogP contribution in [0.5, 0.6) is 0 Å². The number of unbranched alkanes of at least 4 members (excludes halogenated alkanes) is 1. The third-order valence-electron chi connectivity index (χ3n) is 2.87. The van der Waals surface area contributed by atoms with E-state index in [9.17, 15) is 5.11 Å². The summed E-state index contributed by atoms with van der Waals surface area (Å²) < 4.78 is 5.17. The molecule has 2 atom stereocenters. The minimum Gasteiger partial charge on any atom is -0.391 e. The highest BCUT2D eigenvalue weighted by atomic mass is 16.5. The first-order chi connectivity index (χ1) is 7.41. The van der Waals surface area contributed by atoms with Crippen LogP contribution in [0.15, 0.2) is 0 Å². The maximum Gasteiger partial charge on any atom is 0.0712 e. The Hall–Kier alpha value is -0.120. The van der Waals surface area contributed by atoms with Gasteiger partial charge in [0.2, 0.25) is 0 Å². The van der Waals surface area contributed by atoms with Gasteiger partial charge in [-0.3, -0.25) is 0 Å². The number of aliphatic hydroxyl groups excluding tert-OH is 1. The van der Waals surface area contributed by atoms with E-state index in [2.05, 4.69) is 33.0 Å². The predicted octanol–water partition coefficient (Wildman–Crippen LogP) is 2.19. The second-order valence-corrected chi connectivity index (χ2v) is 5.58. The van der Waals surface area contributed by atoms with Crippen LogP contribution in [0.4, 0.5) is 0 Å². The van der Waals surface area contributed by atoms with E-state index in [4.69, 9.17) is 4.74 Å². The molecule has 0 saturated heterocycles. The second-order valence-electron chi connectivity index (χ2n) is 5.58. The van der Waals surface area contributed by atoms with Crippen molar-refractivity contribution in [3.8, 4) is 0 Å². The monoisotopic (exact) mass is 231 g/mol. The lowest BCUT2D eigenvalue weighted by molar-refractivity contribution is 0.0553. The molecule has 3 nitrogen and oxygen atoms in total.